The van der Waals surface area contributed by atoms with Gasteiger partial charge in [-0.05, 0) is 48.9 Å². The lowest BCUT2D eigenvalue weighted by Crippen LogP contribution is -2.19. The van der Waals surface area contributed by atoms with Crippen LogP contribution in [0.4, 0.5) is 5.00 Å². The lowest BCUT2D eigenvalue weighted by molar-refractivity contribution is -0.115. The second-order valence-electron chi connectivity index (χ2n) is 8.71. The molecule has 1 atom stereocenters. The van der Waals surface area contributed by atoms with Crippen molar-refractivity contribution >= 4 is 67.4 Å². The summed E-state index contributed by atoms with van der Waals surface area (Å²) in [6, 6.07) is 5.71. The van der Waals surface area contributed by atoms with Crippen LogP contribution in [0.25, 0.3) is 10.2 Å². The Kier molecular flexibility index (Phi) is 8.88. The molecule has 11 heteroatoms. The van der Waals surface area contributed by atoms with Crippen molar-refractivity contribution in [1.29, 1.82) is 0 Å². The molecule has 1 aromatic carbocycles. The number of esters is 1. The van der Waals surface area contributed by atoms with Gasteiger partial charge in [-0.3, -0.25) is 9.59 Å². The number of thioether (sulfide) groups is 1. The Bertz CT molecular complexity index is 1420. The Morgan fingerprint density at radius 2 is 2.08 bits per heavy atom. The fourth-order valence-electron chi connectivity index (χ4n) is 4.26. The number of benzene rings is 1. The number of carbonyl (C=O) groups is 3. The first-order chi connectivity index (χ1) is 17.8. The zero-order valence-corrected chi connectivity index (χ0v) is 23.4. The van der Waals surface area contributed by atoms with Gasteiger partial charge in [0.25, 0.3) is 5.91 Å². The Labute approximate surface area is 227 Å². The zero-order chi connectivity index (χ0) is 26.5. The predicted octanol–water partition coefficient (Wildman–Crippen LogP) is 4.67. The summed E-state index contributed by atoms with van der Waals surface area (Å²) in [6.07, 6.45) is 4.45. The van der Waals surface area contributed by atoms with Crippen LogP contribution in [-0.4, -0.2) is 48.1 Å². The molecule has 2 aromatic heterocycles. The molecule has 0 saturated heterocycles. The average Bonchev–Trinajstić information content (AvgIpc) is 3.39. The summed E-state index contributed by atoms with van der Waals surface area (Å²) < 4.78 is 13.2. The summed E-state index contributed by atoms with van der Waals surface area (Å²) >= 11 is 4.03. The van der Waals surface area contributed by atoms with Crippen molar-refractivity contribution in [2.45, 2.75) is 32.7 Å². The monoisotopic (exact) mass is 559 g/mol. The van der Waals surface area contributed by atoms with Gasteiger partial charge in [-0.2, -0.15) is 4.99 Å². The summed E-state index contributed by atoms with van der Waals surface area (Å²) in [5.74, 6) is 0.362. The molecule has 0 radical (unpaired) electrons. The number of amides is 2. The minimum atomic E-state index is -0.433. The summed E-state index contributed by atoms with van der Waals surface area (Å²) in [5.41, 5.74) is 2.39. The number of thiazole rings is 1. The fraction of sp³-hybridized carbons (Fsp3) is 0.385. The zero-order valence-electron chi connectivity index (χ0n) is 21.0. The number of hydrogen-bond donors (Lipinski definition) is 1. The van der Waals surface area contributed by atoms with E-state index in [2.05, 4.69) is 23.8 Å². The Morgan fingerprint density at radius 1 is 1.27 bits per heavy atom. The molecule has 0 aliphatic heterocycles. The highest BCUT2D eigenvalue weighted by atomic mass is 32.2. The molecule has 1 unspecified atom stereocenters. The van der Waals surface area contributed by atoms with Gasteiger partial charge >= 0.3 is 5.97 Å². The Morgan fingerprint density at radius 3 is 2.81 bits per heavy atom. The predicted molar refractivity (Wildman–Crippen MR) is 150 cm³/mol. The third kappa shape index (κ3) is 6.16. The molecule has 1 N–H and O–H groups in total. The van der Waals surface area contributed by atoms with E-state index in [0.717, 1.165) is 45.7 Å². The molecule has 2 amide bonds. The van der Waals surface area contributed by atoms with Crippen molar-refractivity contribution in [2.75, 3.05) is 31.0 Å². The SMILES string of the molecule is C=CCn1c(=NC(=O)CSCC(=O)Nc2sc3c(c2C(=O)OC)CCC(C)C3)sc2cc(OC)ccc21. The number of thiophene rings is 1. The van der Waals surface area contributed by atoms with Gasteiger partial charge in [0.2, 0.25) is 5.91 Å². The van der Waals surface area contributed by atoms with Crippen molar-refractivity contribution in [3.8, 4) is 5.75 Å². The molecule has 37 heavy (non-hydrogen) atoms. The molecule has 8 nitrogen and oxygen atoms in total. The summed E-state index contributed by atoms with van der Waals surface area (Å²) in [7, 11) is 2.96. The van der Waals surface area contributed by atoms with Gasteiger partial charge in [0.05, 0.1) is 41.5 Å². The molecule has 0 bridgehead atoms. The van der Waals surface area contributed by atoms with Gasteiger partial charge in [-0.25, -0.2) is 4.79 Å². The first kappa shape index (κ1) is 27.2. The van der Waals surface area contributed by atoms with E-state index >= 15 is 0 Å². The number of anilines is 1. The first-order valence-corrected chi connectivity index (χ1v) is 14.6. The van der Waals surface area contributed by atoms with E-state index in [1.165, 1.54) is 41.5 Å². The number of aromatic nitrogens is 1. The van der Waals surface area contributed by atoms with Crippen LogP contribution in [0.5, 0.6) is 5.75 Å². The third-order valence-corrected chi connectivity index (χ3v) is 9.16. The number of carbonyl (C=O) groups excluding carboxylic acids is 3. The molecule has 4 rings (SSSR count). The molecular weight excluding hydrogens is 531 g/mol. The molecule has 2 heterocycles. The molecule has 1 aliphatic carbocycles. The lowest BCUT2D eigenvalue weighted by atomic mass is 9.88. The molecule has 1 aliphatic rings. The number of nitrogens with one attached hydrogen (secondary N) is 1. The number of rotatable bonds is 9. The number of methoxy groups -OCH3 is 2. The highest BCUT2D eigenvalue weighted by Gasteiger charge is 2.28. The maximum atomic E-state index is 12.7. The fourth-order valence-corrected chi connectivity index (χ4v) is 7.36. The van der Waals surface area contributed by atoms with E-state index in [0.29, 0.717) is 27.8 Å². The van der Waals surface area contributed by atoms with E-state index in [1.54, 1.807) is 13.2 Å². The van der Waals surface area contributed by atoms with Crippen molar-refractivity contribution < 1.29 is 23.9 Å². The van der Waals surface area contributed by atoms with Gasteiger partial charge in [-0.15, -0.1) is 29.7 Å². The first-order valence-electron chi connectivity index (χ1n) is 11.8. The summed E-state index contributed by atoms with van der Waals surface area (Å²) in [5, 5.41) is 3.39. The second-order valence-corrected chi connectivity index (χ2v) is 11.8. The average molecular weight is 560 g/mol. The Hall–Kier alpha value is -2.89. The highest BCUT2D eigenvalue weighted by molar-refractivity contribution is 8.00. The topological polar surface area (TPSA) is 99.0 Å². The minimum absolute atomic E-state index is 0.0569. The standard InChI is InChI=1S/C26H29N3O5S3/c1-5-10-29-18-9-7-16(33-3)12-20(18)37-26(29)28-22(31)14-35-13-21(30)27-24-23(25(32)34-4)17-8-6-15(2)11-19(17)36-24/h5,7,9,12,15H,1,6,8,10-11,13-14H2,2-4H3,(H,27,30). The van der Waals surface area contributed by atoms with Crippen LogP contribution >= 0.6 is 34.4 Å². The normalized spacial score (nSPS) is 15.3. The molecule has 0 spiro atoms. The van der Waals surface area contributed by atoms with Gasteiger partial charge in [0.1, 0.15) is 10.8 Å². The molecule has 0 saturated carbocycles. The van der Waals surface area contributed by atoms with Crippen molar-refractivity contribution in [3.63, 3.8) is 0 Å². The third-order valence-electron chi connectivity index (χ3n) is 6.03. The lowest BCUT2D eigenvalue weighted by Gasteiger charge is -2.18. The number of hydrogen-bond acceptors (Lipinski definition) is 8. The molecular formula is C26H29N3O5S3. The number of allylic oxidation sites excluding steroid dienone is 1. The van der Waals surface area contributed by atoms with Crippen LogP contribution in [-0.2, 0) is 33.7 Å². The number of fused-ring (bicyclic) bond motifs is 2. The highest BCUT2D eigenvalue weighted by Crippen LogP contribution is 2.40. The summed E-state index contributed by atoms with van der Waals surface area (Å²) in [4.78, 5) is 43.7. The van der Waals surface area contributed by atoms with Crippen molar-refractivity contribution in [2.24, 2.45) is 10.9 Å². The van der Waals surface area contributed by atoms with Crippen LogP contribution < -0.4 is 14.9 Å². The van der Waals surface area contributed by atoms with Crippen LogP contribution in [0, 0.1) is 5.92 Å². The van der Waals surface area contributed by atoms with Crippen LogP contribution in [0.2, 0.25) is 0 Å². The quantitative estimate of drug-likeness (QED) is 0.302. The summed E-state index contributed by atoms with van der Waals surface area (Å²) in [6.45, 7) is 6.50. The van der Waals surface area contributed by atoms with Gasteiger partial charge < -0.3 is 19.4 Å². The van der Waals surface area contributed by atoms with E-state index in [9.17, 15) is 14.4 Å². The van der Waals surface area contributed by atoms with Crippen molar-refractivity contribution in [3.05, 3.63) is 51.7 Å². The van der Waals surface area contributed by atoms with Gasteiger partial charge in [-0.1, -0.05) is 24.3 Å². The van der Waals surface area contributed by atoms with Crippen LogP contribution in [0.3, 0.4) is 0 Å². The number of nitrogens with zero attached hydrogens (tertiary/aromatic N) is 2. The van der Waals surface area contributed by atoms with E-state index in [1.807, 2.05) is 22.8 Å². The van der Waals surface area contributed by atoms with Crippen LogP contribution in [0.15, 0.2) is 35.8 Å². The maximum absolute atomic E-state index is 12.7. The minimum Gasteiger partial charge on any atom is -0.497 e. The number of ether oxygens (including phenoxy) is 2. The molecule has 3 aromatic rings. The van der Waals surface area contributed by atoms with Crippen LogP contribution in [0.1, 0.15) is 34.1 Å². The Balaban J connectivity index is 1.42. The molecule has 0 fully saturated rings. The smallest absolute Gasteiger partial charge is 0.341 e. The van der Waals surface area contributed by atoms with Gasteiger partial charge in [0, 0.05) is 11.4 Å². The van der Waals surface area contributed by atoms with E-state index in [-0.39, 0.29) is 23.3 Å². The maximum Gasteiger partial charge on any atom is 0.341 e. The largest absolute Gasteiger partial charge is 0.497 e. The van der Waals surface area contributed by atoms with E-state index in [4.69, 9.17) is 9.47 Å². The second kappa shape index (κ2) is 12.1. The van der Waals surface area contributed by atoms with Gasteiger partial charge in [0.15, 0.2) is 4.80 Å². The van der Waals surface area contributed by atoms with Crippen molar-refractivity contribution in [1.82, 2.24) is 4.57 Å². The van der Waals surface area contributed by atoms with E-state index < -0.39 is 5.97 Å². The molecule has 196 valence electrons.